The molecule has 2 aromatic rings. The molecule has 22 heavy (non-hydrogen) atoms. The van der Waals surface area contributed by atoms with Gasteiger partial charge < -0.3 is 9.15 Å². The molecular weight excluding hydrogens is 276 g/mol. The van der Waals surface area contributed by atoms with Gasteiger partial charge in [-0.25, -0.2) is 0 Å². The Morgan fingerprint density at radius 2 is 2.14 bits per heavy atom. The van der Waals surface area contributed by atoms with Crippen LogP contribution in [0.25, 0.3) is 6.08 Å². The first-order valence-electron chi connectivity index (χ1n) is 7.80. The first-order chi connectivity index (χ1) is 10.7. The second-order valence-corrected chi connectivity index (χ2v) is 6.41. The van der Waals surface area contributed by atoms with Crippen LogP contribution in [0.15, 0.2) is 28.7 Å². The highest BCUT2D eigenvalue weighted by Gasteiger charge is 2.56. The van der Waals surface area contributed by atoms with Crippen molar-refractivity contribution < 1.29 is 13.9 Å². The Morgan fingerprint density at radius 1 is 1.27 bits per heavy atom. The van der Waals surface area contributed by atoms with Crippen molar-refractivity contribution in [2.45, 2.75) is 31.1 Å². The topological polar surface area (TPSA) is 39.4 Å². The number of furan rings is 1. The normalized spacial score (nSPS) is 19.6. The van der Waals surface area contributed by atoms with E-state index in [-0.39, 0.29) is 11.2 Å². The Morgan fingerprint density at radius 3 is 2.91 bits per heavy atom. The Balaban J connectivity index is 1.81. The maximum Gasteiger partial charge on any atom is 0.197 e. The molecule has 3 heteroatoms. The number of rotatable bonds is 1. The third kappa shape index (κ3) is 1.34. The van der Waals surface area contributed by atoms with Crippen LogP contribution in [0, 0.1) is 0 Å². The maximum atomic E-state index is 13.0. The predicted octanol–water partition coefficient (Wildman–Crippen LogP) is 3.87. The lowest BCUT2D eigenvalue weighted by Crippen LogP contribution is -2.24. The summed E-state index contributed by atoms with van der Waals surface area (Å²) in [4.78, 5) is 13.0. The lowest BCUT2D eigenvalue weighted by Gasteiger charge is -2.24. The molecule has 3 nitrogen and oxygen atoms in total. The molecule has 5 rings (SSSR count). The summed E-state index contributed by atoms with van der Waals surface area (Å²) < 4.78 is 11.5. The van der Waals surface area contributed by atoms with E-state index in [1.165, 1.54) is 0 Å². The number of hydrogen-bond acceptors (Lipinski definition) is 3. The van der Waals surface area contributed by atoms with Crippen molar-refractivity contribution in [1.82, 2.24) is 0 Å². The van der Waals surface area contributed by atoms with Crippen molar-refractivity contribution in [1.29, 1.82) is 0 Å². The van der Waals surface area contributed by atoms with Crippen LogP contribution in [0.1, 0.15) is 57.8 Å². The van der Waals surface area contributed by atoms with E-state index >= 15 is 0 Å². The quantitative estimate of drug-likeness (QED) is 0.801. The molecule has 1 fully saturated rings. The van der Waals surface area contributed by atoms with E-state index in [9.17, 15) is 4.79 Å². The number of allylic oxidation sites excluding steroid dienone is 1. The Kier molecular flexibility index (Phi) is 2.18. The van der Waals surface area contributed by atoms with Crippen LogP contribution in [-0.2, 0) is 11.8 Å². The van der Waals surface area contributed by atoms with Gasteiger partial charge in [0.15, 0.2) is 5.78 Å². The summed E-state index contributed by atoms with van der Waals surface area (Å²) in [6.45, 7) is 0. The first-order valence-corrected chi connectivity index (χ1v) is 7.80. The summed E-state index contributed by atoms with van der Waals surface area (Å²) in [6, 6.07) is 5.81. The van der Waals surface area contributed by atoms with Gasteiger partial charge in [0, 0.05) is 11.1 Å². The minimum Gasteiger partial charge on any atom is -0.497 e. The molecule has 1 aromatic heterocycles. The van der Waals surface area contributed by atoms with E-state index in [0.29, 0.717) is 0 Å². The number of methoxy groups -OCH3 is 1. The second-order valence-electron chi connectivity index (χ2n) is 6.41. The van der Waals surface area contributed by atoms with Crippen LogP contribution in [0.3, 0.4) is 0 Å². The molecule has 1 aromatic carbocycles. The van der Waals surface area contributed by atoms with E-state index in [4.69, 9.17) is 9.15 Å². The molecule has 3 aliphatic rings. The molecular formula is C19H16O3. The summed E-state index contributed by atoms with van der Waals surface area (Å²) in [7, 11) is 1.66. The number of ether oxygens (including phenoxy) is 1. The van der Waals surface area contributed by atoms with Crippen molar-refractivity contribution >= 4 is 11.9 Å². The van der Waals surface area contributed by atoms with Crippen molar-refractivity contribution in [3.63, 3.8) is 0 Å². The fourth-order valence-corrected chi connectivity index (χ4v) is 3.98. The Labute approximate surface area is 128 Å². The van der Waals surface area contributed by atoms with E-state index in [2.05, 4.69) is 6.08 Å². The summed E-state index contributed by atoms with van der Waals surface area (Å²) in [5, 5.41) is 0. The molecule has 0 amide bonds. The Bertz CT molecular complexity index is 850. The zero-order valence-corrected chi connectivity index (χ0v) is 12.4. The Hall–Kier alpha value is -2.29. The van der Waals surface area contributed by atoms with Gasteiger partial charge in [0.2, 0.25) is 0 Å². The van der Waals surface area contributed by atoms with Gasteiger partial charge in [-0.2, -0.15) is 0 Å². The average molecular weight is 292 g/mol. The highest BCUT2D eigenvalue weighted by molar-refractivity contribution is 6.14. The van der Waals surface area contributed by atoms with Crippen LogP contribution in [-0.4, -0.2) is 12.9 Å². The number of carbonyl (C=O) groups excluding carboxylic acids is 1. The fourth-order valence-electron chi connectivity index (χ4n) is 3.98. The molecule has 0 saturated heterocycles. The van der Waals surface area contributed by atoms with Gasteiger partial charge in [0.05, 0.1) is 18.1 Å². The van der Waals surface area contributed by atoms with Crippen LogP contribution >= 0.6 is 0 Å². The SMILES string of the molecule is COc1ccc2c(c1)C1(CC1)c1oc3c(c1C2=O)CCC=C3. The maximum absolute atomic E-state index is 13.0. The number of benzene rings is 1. The first kappa shape index (κ1) is 12.3. The third-order valence-corrected chi connectivity index (χ3v) is 5.27. The van der Waals surface area contributed by atoms with Gasteiger partial charge in [0.1, 0.15) is 17.3 Å². The van der Waals surface area contributed by atoms with Gasteiger partial charge in [-0.15, -0.1) is 0 Å². The van der Waals surface area contributed by atoms with Gasteiger partial charge in [-0.1, -0.05) is 6.08 Å². The highest BCUT2D eigenvalue weighted by Crippen LogP contribution is 2.60. The predicted molar refractivity (Wildman–Crippen MR) is 82.5 cm³/mol. The van der Waals surface area contributed by atoms with Crippen LogP contribution in [0.5, 0.6) is 5.75 Å². The standard InChI is InChI=1S/C19H16O3/c1-21-11-6-7-12-14(10-11)19(8-9-19)18-16(17(12)20)13-4-2-3-5-15(13)22-18/h3,5-7,10H,2,4,8-9H2,1H3. The smallest absolute Gasteiger partial charge is 0.197 e. The van der Waals surface area contributed by atoms with Crippen LogP contribution < -0.4 is 4.74 Å². The van der Waals surface area contributed by atoms with Gasteiger partial charge >= 0.3 is 0 Å². The van der Waals surface area contributed by atoms with Crippen molar-refractivity contribution in [2.75, 3.05) is 7.11 Å². The molecule has 0 aliphatic heterocycles. The van der Waals surface area contributed by atoms with E-state index in [1.807, 2.05) is 24.3 Å². The number of carbonyl (C=O) groups is 1. The minimum atomic E-state index is -0.0989. The van der Waals surface area contributed by atoms with E-state index in [1.54, 1.807) is 7.11 Å². The van der Waals surface area contributed by atoms with E-state index in [0.717, 1.165) is 65.2 Å². The highest BCUT2D eigenvalue weighted by atomic mass is 16.5. The van der Waals surface area contributed by atoms with Crippen molar-refractivity contribution in [3.05, 3.63) is 58.0 Å². The lowest BCUT2D eigenvalue weighted by atomic mass is 9.77. The van der Waals surface area contributed by atoms with Gasteiger partial charge in [0.25, 0.3) is 0 Å². The van der Waals surface area contributed by atoms with Gasteiger partial charge in [-0.3, -0.25) is 4.79 Å². The molecule has 110 valence electrons. The zero-order chi connectivity index (χ0) is 14.9. The van der Waals surface area contributed by atoms with Crippen molar-refractivity contribution in [2.24, 2.45) is 0 Å². The molecule has 3 aliphatic carbocycles. The largest absolute Gasteiger partial charge is 0.497 e. The summed E-state index contributed by atoms with van der Waals surface area (Å²) >= 11 is 0. The number of hydrogen-bond donors (Lipinski definition) is 0. The van der Waals surface area contributed by atoms with Gasteiger partial charge in [-0.05, 0) is 55.5 Å². The molecule has 0 bridgehead atoms. The summed E-state index contributed by atoms with van der Waals surface area (Å²) in [5.74, 6) is 2.70. The zero-order valence-electron chi connectivity index (χ0n) is 12.4. The molecule has 1 heterocycles. The number of ketones is 1. The fraction of sp³-hybridized carbons (Fsp3) is 0.316. The summed E-state index contributed by atoms with van der Waals surface area (Å²) in [6.07, 6.45) is 8.11. The molecule has 1 spiro atoms. The van der Waals surface area contributed by atoms with Crippen molar-refractivity contribution in [3.8, 4) is 5.75 Å². The molecule has 1 saturated carbocycles. The third-order valence-electron chi connectivity index (χ3n) is 5.27. The van der Waals surface area contributed by atoms with Crippen LogP contribution in [0.4, 0.5) is 0 Å². The minimum absolute atomic E-state index is 0.0989. The number of fused-ring (bicyclic) bond motifs is 6. The lowest BCUT2D eigenvalue weighted by molar-refractivity contribution is 0.103. The molecule has 0 radical (unpaired) electrons. The monoisotopic (exact) mass is 292 g/mol. The van der Waals surface area contributed by atoms with E-state index < -0.39 is 0 Å². The molecule has 0 atom stereocenters. The molecule has 0 N–H and O–H groups in total. The second kappa shape index (κ2) is 3.92. The summed E-state index contributed by atoms with van der Waals surface area (Å²) in [5.41, 5.74) is 3.76. The average Bonchev–Trinajstić information content (AvgIpc) is 3.26. The van der Waals surface area contributed by atoms with Crippen LogP contribution in [0.2, 0.25) is 0 Å². The molecule has 0 unspecified atom stereocenters.